The smallest absolute Gasteiger partial charge is 0.368 e. The summed E-state index contributed by atoms with van der Waals surface area (Å²) in [6, 6.07) is 5.27. The molecule has 1 aromatic heterocycles. The molecule has 4 rings (SSSR count). The molecule has 3 N–H and O–H groups in total. The Bertz CT molecular complexity index is 1040. The molecular formula is C22H24F5N5O. The van der Waals surface area contributed by atoms with Crippen LogP contribution in [0, 0.1) is 17.2 Å². The van der Waals surface area contributed by atoms with Crippen LogP contribution in [0.1, 0.15) is 24.8 Å². The van der Waals surface area contributed by atoms with Crippen LogP contribution in [0.5, 0.6) is 0 Å². The number of fused-ring (bicyclic) bond motifs is 1. The molecular weight excluding hydrogens is 445 g/mol. The third kappa shape index (κ3) is 5.17. The van der Waals surface area contributed by atoms with Gasteiger partial charge in [0.25, 0.3) is 0 Å². The van der Waals surface area contributed by atoms with Gasteiger partial charge in [0.15, 0.2) is 0 Å². The summed E-state index contributed by atoms with van der Waals surface area (Å²) in [5.41, 5.74) is 1.61. The second-order valence-corrected chi connectivity index (χ2v) is 8.78. The summed E-state index contributed by atoms with van der Waals surface area (Å²) in [7, 11) is 0. The first-order chi connectivity index (χ1) is 15.6. The molecule has 6 nitrogen and oxygen atoms in total. The van der Waals surface area contributed by atoms with Crippen molar-refractivity contribution in [3.05, 3.63) is 36.0 Å². The van der Waals surface area contributed by atoms with Gasteiger partial charge in [-0.1, -0.05) is 0 Å². The molecule has 2 aromatic rings. The summed E-state index contributed by atoms with van der Waals surface area (Å²) in [5, 5.41) is 13.3. The number of anilines is 1. The Hall–Kier alpha value is -2.98. The van der Waals surface area contributed by atoms with Gasteiger partial charge in [0.2, 0.25) is 5.92 Å². The molecule has 178 valence electrons. The molecule has 2 fully saturated rings. The van der Waals surface area contributed by atoms with Gasteiger partial charge >= 0.3 is 12.2 Å². The lowest BCUT2D eigenvalue weighted by atomic mass is 9.81. The molecule has 1 aromatic carbocycles. The van der Waals surface area contributed by atoms with Crippen LogP contribution in [-0.4, -0.2) is 55.0 Å². The van der Waals surface area contributed by atoms with E-state index in [0.29, 0.717) is 22.2 Å². The number of hydrogen-bond donors (Lipinski definition) is 3. The molecule has 11 heteroatoms. The number of carbonyl (C=O) groups is 1. The molecule has 2 atom stereocenters. The third-order valence-electron chi connectivity index (χ3n) is 6.25. The summed E-state index contributed by atoms with van der Waals surface area (Å²) in [4.78, 5) is 18.1. The van der Waals surface area contributed by atoms with E-state index in [1.54, 1.807) is 35.4 Å². The summed E-state index contributed by atoms with van der Waals surface area (Å²) < 4.78 is 66.9. The number of halogens is 5. The minimum absolute atomic E-state index is 0.0575. The average Bonchev–Trinajstić information content (AvgIpc) is 2.74. The van der Waals surface area contributed by atoms with Crippen molar-refractivity contribution in [1.82, 2.24) is 15.6 Å². The predicted octanol–water partition coefficient (Wildman–Crippen LogP) is 4.33. The zero-order valence-corrected chi connectivity index (χ0v) is 17.6. The number of urea groups is 1. The molecule has 1 aliphatic carbocycles. The Labute approximate surface area is 187 Å². The summed E-state index contributed by atoms with van der Waals surface area (Å²) in [5.74, 6) is -4.68. The van der Waals surface area contributed by atoms with Gasteiger partial charge < -0.3 is 20.9 Å². The van der Waals surface area contributed by atoms with Gasteiger partial charge in [-0.15, -0.1) is 0 Å². The van der Waals surface area contributed by atoms with E-state index >= 15 is 0 Å². The molecule has 1 saturated carbocycles. The lowest BCUT2D eigenvalue weighted by Gasteiger charge is -2.40. The second kappa shape index (κ2) is 8.75. The predicted molar refractivity (Wildman–Crippen MR) is 114 cm³/mol. The van der Waals surface area contributed by atoms with E-state index in [2.05, 4.69) is 15.6 Å². The quantitative estimate of drug-likeness (QED) is 0.450. The van der Waals surface area contributed by atoms with Gasteiger partial charge in [-0.25, -0.2) is 13.6 Å². The van der Waals surface area contributed by atoms with E-state index in [0.717, 1.165) is 6.21 Å². The Morgan fingerprint density at radius 2 is 2.00 bits per heavy atom. The molecule has 0 unspecified atom stereocenters. The average molecular weight is 469 g/mol. The third-order valence-corrected chi connectivity index (χ3v) is 6.25. The Balaban J connectivity index is 1.50. The number of hydrogen-bond acceptors (Lipinski definition) is 4. The van der Waals surface area contributed by atoms with Gasteiger partial charge in [0.05, 0.1) is 11.4 Å². The maximum absolute atomic E-state index is 13.7. The van der Waals surface area contributed by atoms with Gasteiger partial charge in [-0.05, 0) is 36.6 Å². The summed E-state index contributed by atoms with van der Waals surface area (Å²) >= 11 is 0. The van der Waals surface area contributed by atoms with Gasteiger partial charge in [-0.3, -0.25) is 4.98 Å². The first kappa shape index (κ1) is 23.2. The second-order valence-electron chi connectivity index (χ2n) is 8.78. The number of benzene rings is 1. The lowest BCUT2D eigenvalue weighted by molar-refractivity contribution is -0.177. The Morgan fingerprint density at radius 1 is 1.24 bits per heavy atom. The van der Waals surface area contributed by atoms with Crippen LogP contribution >= 0.6 is 0 Å². The Morgan fingerprint density at radius 3 is 2.67 bits per heavy atom. The van der Waals surface area contributed by atoms with E-state index in [9.17, 15) is 26.7 Å². The van der Waals surface area contributed by atoms with Crippen molar-refractivity contribution < 1.29 is 26.7 Å². The number of piperidine rings is 1. The minimum atomic E-state index is -4.45. The fraction of sp³-hybridized carbons (Fsp3) is 0.500. The van der Waals surface area contributed by atoms with Crippen molar-refractivity contribution in [2.75, 3.05) is 24.5 Å². The number of carbonyl (C=O) groups excluding carboxylic acids is 1. The zero-order chi connectivity index (χ0) is 23.8. The van der Waals surface area contributed by atoms with Crippen molar-refractivity contribution in [2.24, 2.45) is 11.8 Å². The fourth-order valence-corrected chi connectivity index (χ4v) is 4.61. The molecule has 2 heterocycles. The van der Waals surface area contributed by atoms with Crippen molar-refractivity contribution in [1.29, 1.82) is 5.41 Å². The van der Waals surface area contributed by atoms with Crippen LogP contribution in [0.25, 0.3) is 10.9 Å². The first-order valence-electron chi connectivity index (χ1n) is 10.7. The highest BCUT2D eigenvalue weighted by molar-refractivity contribution is 6.02. The number of nitrogens with zero attached hydrogens (tertiary/aromatic N) is 2. The molecule has 2 amide bonds. The zero-order valence-electron chi connectivity index (χ0n) is 17.6. The monoisotopic (exact) mass is 469 g/mol. The summed E-state index contributed by atoms with van der Waals surface area (Å²) in [6.07, 6.45) is -2.62. The maximum Gasteiger partial charge on any atom is 0.393 e. The number of rotatable bonds is 5. The summed E-state index contributed by atoms with van der Waals surface area (Å²) in [6.45, 7) is -0.0637. The highest BCUT2D eigenvalue weighted by Gasteiger charge is 2.46. The standard InChI is InChI=1S/C22H24F5N5O/c23-21(24)7-13(8-21)10-30-20(33)31-16-6-15(22(25,26)27)11-32(12-16)18-4-3-14(9-28)19-17(18)2-1-5-29-19/h1-5,9,13,15-16,28H,6-8,10-12H2,(H2,30,31,33)/t15-,16+/m0/s1. The molecule has 2 aliphatic rings. The number of alkyl halides is 5. The van der Waals surface area contributed by atoms with Crippen LogP contribution in [0.4, 0.5) is 32.4 Å². The number of pyridine rings is 1. The van der Waals surface area contributed by atoms with Crippen LogP contribution < -0.4 is 15.5 Å². The Kier molecular flexibility index (Phi) is 6.15. The normalized spacial score (nSPS) is 23.1. The largest absolute Gasteiger partial charge is 0.393 e. The highest BCUT2D eigenvalue weighted by atomic mass is 19.4. The molecule has 0 radical (unpaired) electrons. The van der Waals surface area contributed by atoms with Gasteiger partial charge in [0, 0.05) is 67.6 Å². The van der Waals surface area contributed by atoms with Crippen molar-refractivity contribution >= 4 is 28.8 Å². The van der Waals surface area contributed by atoms with E-state index in [1.807, 2.05) is 0 Å². The number of aromatic nitrogens is 1. The van der Waals surface area contributed by atoms with Gasteiger partial charge in [0.1, 0.15) is 0 Å². The van der Waals surface area contributed by atoms with Crippen molar-refractivity contribution in [3.8, 4) is 0 Å². The molecule has 33 heavy (non-hydrogen) atoms. The van der Waals surface area contributed by atoms with Crippen molar-refractivity contribution in [3.63, 3.8) is 0 Å². The van der Waals surface area contributed by atoms with E-state index in [4.69, 9.17) is 5.41 Å². The van der Waals surface area contributed by atoms with Crippen LogP contribution in [0.2, 0.25) is 0 Å². The van der Waals surface area contributed by atoms with Crippen LogP contribution in [0.15, 0.2) is 30.5 Å². The lowest BCUT2D eigenvalue weighted by Crippen LogP contribution is -2.56. The fourth-order valence-electron chi connectivity index (χ4n) is 4.61. The van der Waals surface area contributed by atoms with Crippen LogP contribution in [-0.2, 0) is 0 Å². The van der Waals surface area contributed by atoms with Gasteiger partial charge in [-0.2, -0.15) is 13.2 Å². The maximum atomic E-state index is 13.7. The topological polar surface area (TPSA) is 81.1 Å². The number of amides is 2. The molecule has 1 saturated heterocycles. The van der Waals surface area contributed by atoms with E-state index < -0.39 is 30.1 Å². The molecule has 0 bridgehead atoms. The van der Waals surface area contributed by atoms with Crippen molar-refractivity contribution in [2.45, 2.75) is 37.4 Å². The highest BCUT2D eigenvalue weighted by Crippen LogP contribution is 2.42. The van der Waals surface area contributed by atoms with Crippen LogP contribution in [0.3, 0.4) is 0 Å². The first-order valence-corrected chi connectivity index (χ1v) is 10.7. The van der Waals surface area contributed by atoms with E-state index in [-0.39, 0.29) is 44.8 Å². The minimum Gasteiger partial charge on any atom is -0.368 e. The SMILES string of the molecule is N=Cc1ccc(N2C[C@H](NC(=O)NCC3CC(F)(F)C3)C[C@H](C(F)(F)F)C2)c2cccnc12. The van der Waals surface area contributed by atoms with E-state index in [1.165, 1.54) is 0 Å². The molecule has 1 aliphatic heterocycles. The number of nitrogens with one attached hydrogen (secondary N) is 3. The molecule has 0 spiro atoms.